The molecule has 0 radical (unpaired) electrons. The Morgan fingerprint density at radius 2 is 1.95 bits per heavy atom. The number of carbonyl (C=O) groups excluding carboxylic acids is 1. The van der Waals surface area contributed by atoms with Gasteiger partial charge >= 0.3 is 12.2 Å². The summed E-state index contributed by atoms with van der Waals surface area (Å²) in [5, 5.41) is 11.4. The number of carbonyl (C=O) groups is 1. The number of anilines is 1. The first kappa shape index (κ1) is 17.1. The lowest BCUT2D eigenvalue weighted by atomic mass is 10.3. The number of urea groups is 1. The van der Waals surface area contributed by atoms with E-state index in [9.17, 15) is 18.0 Å². The highest BCUT2D eigenvalue weighted by Gasteiger charge is 2.28. The monoisotopic (exact) mass is 306 g/mol. The second kappa shape index (κ2) is 7.72. The number of ether oxygens (including phenoxy) is 1. The fourth-order valence-corrected chi connectivity index (χ4v) is 1.53. The Morgan fingerprint density at radius 1 is 1.33 bits per heavy atom. The molecule has 0 bridgehead atoms. The maximum Gasteiger partial charge on any atom is 0.422 e. The number of hydrogen-bond acceptors (Lipinski definition) is 3. The van der Waals surface area contributed by atoms with Crippen molar-refractivity contribution in [2.45, 2.75) is 13.1 Å². The molecular formula is C13H17F3N2O3. The Bertz CT molecular complexity index is 449. The first-order valence-electron chi connectivity index (χ1n) is 6.32. The molecule has 0 aliphatic rings. The highest BCUT2D eigenvalue weighted by Crippen LogP contribution is 2.20. The third-order valence-electron chi connectivity index (χ3n) is 2.55. The van der Waals surface area contributed by atoms with Crippen LogP contribution < -0.4 is 10.1 Å². The maximum absolute atomic E-state index is 12.0. The van der Waals surface area contributed by atoms with Crippen LogP contribution in [0.25, 0.3) is 0 Å². The highest BCUT2D eigenvalue weighted by molar-refractivity contribution is 5.89. The van der Waals surface area contributed by atoms with Crippen molar-refractivity contribution >= 4 is 11.7 Å². The summed E-state index contributed by atoms with van der Waals surface area (Å²) in [6.07, 6.45) is -4.39. The molecular weight excluding hydrogens is 289 g/mol. The molecule has 0 atom stereocenters. The Kier molecular flexibility index (Phi) is 6.29. The summed E-state index contributed by atoms with van der Waals surface area (Å²) in [5.74, 6) is 0.0630. The molecule has 0 aliphatic heterocycles. The van der Waals surface area contributed by atoms with Gasteiger partial charge in [-0.15, -0.1) is 0 Å². The number of nitrogens with one attached hydrogen (secondary N) is 1. The normalized spacial score (nSPS) is 11.1. The lowest BCUT2D eigenvalue weighted by Crippen LogP contribution is -2.36. The van der Waals surface area contributed by atoms with Gasteiger partial charge in [0.25, 0.3) is 0 Å². The summed E-state index contributed by atoms with van der Waals surface area (Å²) in [5.41, 5.74) is 0.427. The standard InChI is InChI=1S/C13H17F3N2O3/c1-2-18(7-8-19)12(20)17-10-3-5-11(6-4-10)21-9-13(14,15)16/h3-6,19H,2,7-9H2,1H3,(H,17,20). The van der Waals surface area contributed by atoms with Crippen molar-refractivity contribution in [3.63, 3.8) is 0 Å². The molecule has 1 aromatic carbocycles. The van der Waals surface area contributed by atoms with E-state index < -0.39 is 18.8 Å². The van der Waals surface area contributed by atoms with Crippen LogP contribution in [-0.2, 0) is 0 Å². The van der Waals surface area contributed by atoms with Crippen molar-refractivity contribution in [2.24, 2.45) is 0 Å². The summed E-state index contributed by atoms with van der Waals surface area (Å²) in [6, 6.07) is 5.16. The number of likely N-dealkylation sites (N-methyl/N-ethyl adjacent to an activating group) is 1. The van der Waals surface area contributed by atoms with Crippen LogP contribution in [0.15, 0.2) is 24.3 Å². The number of aliphatic hydroxyl groups excluding tert-OH is 1. The summed E-state index contributed by atoms with van der Waals surface area (Å²) >= 11 is 0. The SMILES string of the molecule is CCN(CCO)C(=O)Nc1ccc(OCC(F)(F)F)cc1. The van der Waals surface area contributed by atoms with E-state index in [4.69, 9.17) is 5.11 Å². The van der Waals surface area contributed by atoms with Gasteiger partial charge in [0.15, 0.2) is 6.61 Å². The average molecular weight is 306 g/mol. The molecule has 2 amide bonds. The fourth-order valence-electron chi connectivity index (χ4n) is 1.53. The molecule has 21 heavy (non-hydrogen) atoms. The third-order valence-corrected chi connectivity index (χ3v) is 2.55. The van der Waals surface area contributed by atoms with E-state index in [0.717, 1.165) is 0 Å². The predicted octanol–water partition coefficient (Wildman–Crippen LogP) is 2.47. The van der Waals surface area contributed by atoms with Crippen LogP contribution in [0, 0.1) is 0 Å². The zero-order valence-corrected chi connectivity index (χ0v) is 11.5. The zero-order chi connectivity index (χ0) is 15.9. The van der Waals surface area contributed by atoms with Crippen LogP contribution in [0.5, 0.6) is 5.75 Å². The van der Waals surface area contributed by atoms with E-state index in [0.29, 0.717) is 12.2 Å². The molecule has 8 heteroatoms. The van der Waals surface area contributed by atoms with Gasteiger partial charge in [0.1, 0.15) is 5.75 Å². The molecule has 1 aromatic rings. The van der Waals surface area contributed by atoms with Gasteiger partial charge in [-0.05, 0) is 31.2 Å². The van der Waals surface area contributed by atoms with E-state index >= 15 is 0 Å². The van der Waals surface area contributed by atoms with Crippen molar-refractivity contribution in [2.75, 3.05) is 31.6 Å². The summed E-state index contributed by atoms with van der Waals surface area (Å²) in [4.78, 5) is 13.2. The molecule has 1 rings (SSSR count). The number of rotatable bonds is 6. The average Bonchev–Trinajstić information content (AvgIpc) is 2.43. The molecule has 0 fully saturated rings. The van der Waals surface area contributed by atoms with E-state index in [-0.39, 0.29) is 18.9 Å². The fraction of sp³-hybridized carbons (Fsp3) is 0.462. The van der Waals surface area contributed by atoms with Crippen LogP contribution in [0.1, 0.15) is 6.92 Å². The predicted molar refractivity (Wildman–Crippen MR) is 71.3 cm³/mol. The Hall–Kier alpha value is -1.96. The summed E-state index contributed by atoms with van der Waals surface area (Å²) in [7, 11) is 0. The lowest BCUT2D eigenvalue weighted by molar-refractivity contribution is -0.153. The summed E-state index contributed by atoms with van der Waals surface area (Å²) in [6.45, 7) is 0.891. The van der Waals surface area contributed by atoms with Gasteiger partial charge in [0.05, 0.1) is 6.61 Å². The Morgan fingerprint density at radius 3 is 2.43 bits per heavy atom. The minimum absolute atomic E-state index is 0.0630. The minimum atomic E-state index is -4.39. The van der Waals surface area contributed by atoms with Crippen molar-refractivity contribution in [3.05, 3.63) is 24.3 Å². The van der Waals surface area contributed by atoms with Crippen LogP contribution >= 0.6 is 0 Å². The first-order valence-corrected chi connectivity index (χ1v) is 6.32. The van der Waals surface area contributed by atoms with Gasteiger partial charge in [-0.2, -0.15) is 13.2 Å². The van der Waals surface area contributed by atoms with Crippen LogP contribution in [0.4, 0.5) is 23.7 Å². The van der Waals surface area contributed by atoms with E-state index in [1.807, 2.05) is 0 Å². The summed E-state index contributed by atoms with van der Waals surface area (Å²) < 4.78 is 40.5. The Labute approximate surface area is 120 Å². The first-order chi connectivity index (χ1) is 9.85. The molecule has 5 nitrogen and oxygen atoms in total. The van der Waals surface area contributed by atoms with Crippen molar-refractivity contribution in [1.82, 2.24) is 4.90 Å². The molecule has 0 aliphatic carbocycles. The quantitative estimate of drug-likeness (QED) is 0.849. The Balaban J connectivity index is 2.56. The smallest absolute Gasteiger partial charge is 0.422 e. The molecule has 2 N–H and O–H groups in total. The van der Waals surface area contributed by atoms with Crippen LogP contribution in [0.3, 0.4) is 0 Å². The number of nitrogens with zero attached hydrogens (tertiary/aromatic N) is 1. The van der Waals surface area contributed by atoms with E-state index in [2.05, 4.69) is 10.1 Å². The molecule has 0 saturated heterocycles. The second-order valence-electron chi connectivity index (χ2n) is 4.16. The topological polar surface area (TPSA) is 61.8 Å². The number of alkyl halides is 3. The number of aliphatic hydroxyl groups is 1. The number of halogens is 3. The van der Waals surface area contributed by atoms with E-state index in [1.54, 1.807) is 6.92 Å². The van der Waals surface area contributed by atoms with Crippen LogP contribution in [0.2, 0.25) is 0 Å². The number of hydrogen-bond donors (Lipinski definition) is 2. The van der Waals surface area contributed by atoms with E-state index in [1.165, 1.54) is 29.2 Å². The number of benzene rings is 1. The van der Waals surface area contributed by atoms with Gasteiger partial charge in [-0.1, -0.05) is 0 Å². The van der Waals surface area contributed by atoms with Crippen LogP contribution in [-0.4, -0.2) is 48.5 Å². The second-order valence-corrected chi connectivity index (χ2v) is 4.16. The van der Waals surface area contributed by atoms with Crippen molar-refractivity contribution < 1.29 is 27.8 Å². The molecule has 0 heterocycles. The van der Waals surface area contributed by atoms with Gasteiger partial charge in [0.2, 0.25) is 0 Å². The van der Waals surface area contributed by atoms with Gasteiger partial charge < -0.3 is 20.1 Å². The zero-order valence-electron chi connectivity index (χ0n) is 11.5. The van der Waals surface area contributed by atoms with Gasteiger partial charge in [0, 0.05) is 18.8 Å². The number of amides is 2. The highest BCUT2D eigenvalue weighted by atomic mass is 19.4. The molecule has 0 unspecified atom stereocenters. The molecule has 0 saturated carbocycles. The van der Waals surface area contributed by atoms with Crippen molar-refractivity contribution in [3.8, 4) is 5.75 Å². The minimum Gasteiger partial charge on any atom is -0.484 e. The third kappa shape index (κ3) is 6.35. The van der Waals surface area contributed by atoms with Gasteiger partial charge in [-0.25, -0.2) is 4.79 Å². The molecule has 0 spiro atoms. The lowest BCUT2D eigenvalue weighted by Gasteiger charge is -2.20. The molecule has 118 valence electrons. The maximum atomic E-state index is 12.0. The van der Waals surface area contributed by atoms with Crippen molar-refractivity contribution in [1.29, 1.82) is 0 Å². The molecule has 0 aromatic heterocycles. The largest absolute Gasteiger partial charge is 0.484 e. The van der Waals surface area contributed by atoms with Gasteiger partial charge in [-0.3, -0.25) is 0 Å².